The van der Waals surface area contributed by atoms with Crippen molar-refractivity contribution in [1.82, 2.24) is 0 Å². The highest BCUT2D eigenvalue weighted by Gasteiger charge is 2.32. The first-order chi connectivity index (χ1) is 29.7. The van der Waals surface area contributed by atoms with Gasteiger partial charge >= 0.3 is 0 Å². The summed E-state index contributed by atoms with van der Waals surface area (Å²) >= 11 is 8.16. The van der Waals surface area contributed by atoms with E-state index in [1.54, 1.807) is 11.8 Å². The van der Waals surface area contributed by atoms with Gasteiger partial charge in [0.1, 0.15) is 17.1 Å². The Kier molecular flexibility index (Phi) is 13.3. The minimum atomic E-state index is -0.0247. The van der Waals surface area contributed by atoms with Crippen molar-refractivity contribution in [2.45, 2.75) is 104 Å². The number of furan rings is 1. The number of unbranched alkanes of at least 4 members (excludes halogenated alkanes) is 6. The maximum absolute atomic E-state index is 9.62. The summed E-state index contributed by atoms with van der Waals surface area (Å²) in [7, 11) is 0. The number of hydrogen-bond acceptors (Lipinski definition) is 6. The van der Waals surface area contributed by atoms with Gasteiger partial charge in [-0.05, 0) is 118 Å². The molecule has 3 nitrogen and oxygen atoms in total. The summed E-state index contributed by atoms with van der Waals surface area (Å²) in [5, 5.41) is 17.7. The van der Waals surface area contributed by atoms with E-state index in [0.29, 0.717) is 11.4 Å². The zero-order valence-corrected chi connectivity index (χ0v) is 39.1. The van der Waals surface area contributed by atoms with E-state index in [0.717, 1.165) is 75.6 Å². The molecule has 7 aromatic rings. The fraction of sp³-hybridized carbons (Fsp3) is 0.309. The third-order valence-corrected chi connectivity index (χ3v) is 14.3. The van der Waals surface area contributed by atoms with Crippen molar-refractivity contribution in [3.05, 3.63) is 135 Å². The van der Waals surface area contributed by atoms with Crippen LogP contribution in [-0.4, -0.2) is 17.7 Å². The van der Waals surface area contributed by atoms with Gasteiger partial charge in [-0.15, -0.1) is 23.1 Å². The zero-order valence-electron chi connectivity index (χ0n) is 36.6. The molecular weight excluding hydrogens is 801 g/mol. The van der Waals surface area contributed by atoms with Gasteiger partial charge in [0, 0.05) is 42.8 Å². The molecule has 6 heteroatoms. The molecule has 1 N–H and O–H groups in total. The lowest BCUT2D eigenvalue weighted by atomic mass is 9.84. The van der Waals surface area contributed by atoms with E-state index in [1.165, 1.54) is 86.7 Å². The van der Waals surface area contributed by atoms with Crippen LogP contribution in [0, 0.1) is 5.41 Å². The Balaban J connectivity index is 1.41. The van der Waals surface area contributed by atoms with Crippen LogP contribution in [0.25, 0.3) is 71.5 Å². The first-order valence-electron chi connectivity index (χ1n) is 22.2. The molecule has 312 valence electrons. The van der Waals surface area contributed by atoms with Crippen molar-refractivity contribution in [2.24, 2.45) is 4.40 Å². The van der Waals surface area contributed by atoms with Crippen LogP contribution in [0.4, 0.5) is 0 Å². The van der Waals surface area contributed by atoms with E-state index >= 15 is 0 Å². The number of fused-ring (bicyclic) bond motifs is 7. The number of allylic oxidation sites excluding steroid dienone is 2. The van der Waals surface area contributed by atoms with Crippen LogP contribution in [0.5, 0.6) is 0 Å². The van der Waals surface area contributed by atoms with Crippen LogP contribution in [0.3, 0.4) is 0 Å². The Hall–Kier alpha value is -4.62. The molecule has 1 aliphatic carbocycles. The quantitative estimate of drug-likeness (QED) is 0.0613. The molecule has 0 saturated carbocycles. The first-order valence-corrected chi connectivity index (χ1v) is 24.7. The van der Waals surface area contributed by atoms with Gasteiger partial charge in [-0.1, -0.05) is 158 Å². The van der Waals surface area contributed by atoms with Gasteiger partial charge in [-0.3, -0.25) is 5.41 Å². The summed E-state index contributed by atoms with van der Waals surface area (Å²) in [4.78, 5) is 2.43. The second-order valence-corrected chi connectivity index (χ2v) is 19.5. The molecule has 0 bridgehead atoms. The highest BCUT2D eigenvalue weighted by atomic mass is 32.2. The van der Waals surface area contributed by atoms with E-state index in [1.807, 2.05) is 11.3 Å². The zero-order chi connectivity index (χ0) is 42.7. The molecule has 0 amide bonds. The van der Waals surface area contributed by atoms with Gasteiger partial charge in [0.05, 0.1) is 5.71 Å². The van der Waals surface area contributed by atoms with Gasteiger partial charge in [-0.2, -0.15) is 0 Å². The van der Waals surface area contributed by atoms with Crippen LogP contribution < -0.4 is 0 Å². The van der Waals surface area contributed by atoms with Crippen molar-refractivity contribution in [1.29, 1.82) is 5.41 Å². The number of benzene rings is 5. The molecule has 1 aliphatic rings. The normalized spacial score (nSPS) is 14.1. The summed E-state index contributed by atoms with van der Waals surface area (Å²) in [6.07, 6.45) is 15.7. The molecular formula is C55H58N2OS3. The van der Waals surface area contributed by atoms with Gasteiger partial charge < -0.3 is 4.42 Å². The van der Waals surface area contributed by atoms with E-state index < -0.39 is 0 Å². The van der Waals surface area contributed by atoms with Crippen LogP contribution >= 0.6 is 35.9 Å². The minimum absolute atomic E-state index is 0.0247. The molecule has 2 aromatic heterocycles. The van der Waals surface area contributed by atoms with Crippen LogP contribution in [0.15, 0.2) is 122 Å². The Labute approximate surface area is 376 Å². The lowest BCUT2D eigenvalue weighted by Crippen LogP contribution is -2.22. The summed E-state index contributed by atoms with van der Waals surface area (Å²) < 4.78 is 11.8. The topological polar surface area (TPSA) is 49.4 Å². The minimum Gasteiger partial charge on any atom is -0.455 e. The molecule has 0 spiro atoms. The molecule has 5 aromatic carbocycles. The van der Waals surface area contributed by atoms with Crippen molar-refractivity contribution >= 4 is 85.9 Å². The fourth-order valence-electron chi connectivity index (χ4n) is 9.11. The van der Waals surface area contributed by atoms with Crippen LogP contribution in [0.2, 0.25) is 0 Å². The van der Waals surface area contributed by atoms with Gasteiger partial charge in [0.25, 0.3) is 0 Å². The SMILES string of the molecule is CCCCCC/C(=C/SC)C1=Cc2sc(-c3ccc4c5ccc(C(C)(C)C)cc5c5oc(-c6ccccc6)c(-c6ccccc6)c5c4c3)c(CCCCCC)c2/C(=N/S)C1=N. The first kappa shape index (κ1) is 43.0. The van der Waals surface area contributed by atoms with Crippen LogP contribution in [0.1, 0.15) is 114 Å². The van der Waals surface area contributed by atoms with E-state index in [2.05, 4.69) is 167 Å². The second kappa shape index (κ2) is 18.8. The average Bonchev–Trinajstić information content (AvgIpc) is 3.86. The highest BCUT2D eigenvalue weighted by molar-refractivity contribution is 8.01. The number of nitrogens with one attached hydrogen (secondary N) is 1. The molecule has 0 radical (unpaired) electrons. The maximum atomic E-state index is 9.62. The van der Waals surface area contributed by atoms with Crippen molar-refractivity contribution < 1.29 is 4.42 Å². The predicted molar refractivity (Wildman–Crippen MR) is 274 cm³/mol. The average molecular weight is 859 g/mol. The molecule has 8 rings (SSSR count). The lowest BCUT2D eigenvalue weighted by Gasteiger charge is -2.21. The molecule has 0 fully saturated rings. The third kappa shape index (κ3) is 8.48. The predicted octanol–water partition coefficient (Wildman–Crippen LogP) is 17.5. The monoisotopic (exact) mass is 858 g/mol. The molecule has 0 saturated heterocycles. The number of nitrogens with zero attached hydrogens (tertiary/aromatic N) is 1. The molecule has 0 aliphatic heterocycles. The number of thiol groups is 1. The van der Waals surface area contributed by atoms with E-state index in [9.17, 15) is 5.41 Å². The number of thiophene rings is 1. The summed E-state index contributed by atoms with van der Waals surface area (Å²) in [5.74, 6) is 0.889. The van der Waals surface area contributed by atoms with Crippen LogP contribution in [-0.2, 0) is 11.8 Å². The number of thioether (sulfide) groups is 1. The number of hydrogen-bond donors (Lipinski definition) is 2. The van der Waals surface area contributed by atoms with E-state index in [4.69, 9.17) is 4.42 Å². The second-order valence-electron chi connectivity index (χ2n) is 17.5. The Morgan fingerprint density at radius 3 is 2.10 bits per heavy atom. The Morgan fingerprint density at radius 2 is 1.43 bits per heavy atom. The Bertz CT molecular complexity index is 2810. The van der Waals surface area contributed by atoms with Crippen molar-refractivity contribution in [3.8, 4) is 32.9 Å². The fourth-order valence-corrected chi connectivity index (χ4v) is 11.1. The smallest absolute Gasteiger partial charge is 0.143 e. The standard InChI is InChI=1S/C55H58N2OS3/c1-7-9-11-15-25-38(34-60-6)43-33-46-48(51(57-59)50(43)56)42(26-20-12-10-8-2)54(61-46)37-27-29-40-41-30-28-39(55(3,4)5)32-45(41)53-49(44(40)31-37)47(35-21-16-13-17-22-35)52(58-53)36-23-18-14-19-24-36/h13-14,16-19,21-24,27-34,56,59H,7-12,15,20,25-26H2,1-6H3/b38-34-,56-50?,57-51-. The molecule has 2 heterocycles. The summed E-state index contributed by atoms with van der Waals surface area (Å²) in [5.41, 5.74) is 12.4. The summed E-state index contributed by atoms with van der Waals surface area (Å²) in [6.45, 7) is 11.4. The molecule has 0 unspecified atom stereocenters. The Morgan fingerprint density at radius 1 is 0.754 bits per heavy atom. The van der Waals surface area contributed by atoms with Gasteiger partial charge in [0.2, 0.25) is 0 Å². The lowest BCUT2D eigenvalue weighted by molar-refractivity contribution is 0.591. The molecule has 0 atom stereocenters. The highest BCUT2D eigenvalue weighted by Crippen LogP contribution is 2.50. The molecule has 61 heavy (non-hydrogen) atoms. The van der Waals surface area contributed by atoms with Gasteiger partial charge in [0.15, 0.2) is 0 Å². The van der Waals surface area contributed by atoms with Gasteiger partial charge in [-0.25, -0.2) is 4.40 Å². The largest absolute Gasteiger partial charge is 0.455 e. The maximum Gasteiger partial charge on any atom is 0.143 e. The van der Waals surface area contributed by atoms with E-state index in [-0.39, 0.29) is 5.41 Å². The van der Waals surface area contributed by atoms with Crippen molar-refractivity contribution in [2.75, 3.05) is 6.26 Å². The number of rotatable bonds is 15. The summed E-state index contributed by atoms with van der Waals surface area (Å²) in [6, 6.07) is 35.4. The van der Waals surface area contributed by atoms with Crippen molar-refractivity contribution in [3.63, 3.8) is 0 Å². The third-order valence-electron chi connectivity index (χ3n) is 12.3.